The molecule has 2 heterocycles. The Labute approximate surface area is 208 Å². The zero-order valence-electron chi connectivity index (χ0n) is 20.7. The lowest BCUT2D eigenvalue weighted by Gasteiger charge is -2.60. The summed E-state index contributed by atoms with van der Waals surface area (Å²) in [6.45, 7) is 4.79. The molecule has 0 radical (unpaired) electrons. The first kappa shape index (κ1) is 23.7. The van der Waals surface area contributed by atoms with E-state index in [4.69, 9.17) is 4.74 Å². The molecule has 2 fully saturated rings. The fourth-order valence-electron chi connectivity index (χ4n) is 5.84. The molecule has 0 amide bonds. The zero-order valence-corrected chi connectivity index (χ0v) is 20.7. The summed E-state index contributed by atoms with van der Waals surface area (Å²) >= 11 is 0. The second-order valence-electron chi connectivity index (χ2n) is 9.79. The Bertz CT molecular complexity index is 1090. The van der Waals surface area contributed by atoms with E-state index in [9.17, 15) is 4.79 Å². The van der Waals surface area contributed by atoms with Gasteiger partial charge in [0.15, 0.2) is 0 Å². The van der Waals surface area contributed by atoms with Crippen LogP contribution in [0.4, 0.5) is 0 Å². The number of hydrogen-bond acceptors (Lipinski definition) is 5. The van der Waals surface area contributed by atoms with Gasteiger partial charge in [-0.2, -0.15) is 0 Å². The van der Waals surface area contributed by atoms with Gasteiger partial charge in [-0.15, -0.1) is 0 Å². The Balaban J connectivity index is 1.51. The van der Waals surface area contributed by atoms with E-state index in [0.29, 0.717) is 6.04 Å². The second kappa shape index (κ2) is 10.7. The van der Waals surface area contributed by atoms with Crippen LogP contribution in [0.5, 0.6) is 0 Å². The molecule has 35 heavy (non-hydrogen) atoms. The van der Waals surface area contributed by atoms with Crippen molar-refractivity contribution in [3.05, 3.63) is 108 Å². The van der Waals surface area contributed by atoms with E-state index < -0.39 is 0 Å². The molecule has 3 aromatic rings. The molecule has 4 atom stereocenters. The van der Waals surface area contributed by atoms with Gasteiger partial charge in [0.25, 0.3) is 0 Å². The van der Waals surface area contributed by atoms with Gasteiger partial charge >= 0.3 is 5.97 Å². The third-order valence-corrected chi connectivity index (χ3v) is 7.58. The number of hydrogen-bond donors (Lipinski definition) is 0. The van der Waals surface area contributed by atoms with E-state index >= 15 is 0 Å². The molecule has 5 nitrogen and oxygen atoms in total. The Hall–Kier alpha value is -2.99. The quantitative estimate of drug-likeness (QED) is 0.461. The third-order valence-electron chi connectivity index (χ3n) is 7.58. The van der Waals surface area contributed by atoms with Crippen molar-refractivity contribution in [3.63, 3.8) is 0 Å². The standard InChI is InChI=1S/C30H35N3O2/c1-23-18-28-32(21-25-14-8-4-9-15-25)27(30(34)35-2)19-29(31(23)20-24-12-6-3-7-13-24)33(28)22-26-16-10-5-11-17-26/h3-17,23,27-29H,18-22H2,1-2H3/t23-,27?,28+,29+/m0/s1. The lowest BCUT2D eigenvalue weighted by Crippen LogP contribution is -2.72. The number of carbonyl (C=O) groups excluding carboxylic acids is 1. The number of fused-ring (bicyclic) bond motifs is 2. The van der Waals surface area contributed by atoms with E-state index in [1.165, 1.54) is 23.8 Å². The molecule has 0 N–H and O–H groups in total. The van der Waals surface area contributed by atoms with Gasteiger partial charge in [-0.3, -0.25) is 19.5 Å². The minimum absolute atomic E-state index is 0.135. The van der Waals surface area contributed by atoms with Crippen molar-refractivity contribution in [1.82, 2.24) is 14.7 Å². The second-order valence-corrected chi connectivity index (χ2v) is 9.79. The number of carbonyl (C=O) groups is 1. The van der Waals surface area contributed by atoms with Crippen LogP contribution < -0.4 is 0 Å². The zero-order chi connectivity index (χ0) is 24.2. The van der Waals surface area contributed by atoms with E-state index in [0.717, 1.165) is 32.5 Å². The minimum Gasteiger partial charge on any atom is -0.468 e. The summed E-state index contributed by atoms with van der Waals surface area (Å²) < 4.78 is 5.34. The van der Waals surface area contributed by atoms with Crippen molar-refractivity contribution in [2.45, 2.75) is 63.8 Å². The van der Waals surface area contributed by atoms with Crippen LogP contribution in [0.15, 0.2) is 91.0 Å². The Morgan fingerprint density at radius 2 is 1.11 bits per heavy atom. The number of rotatable bonds is 7. The molecule has 0 saturated carbocycles. The van der Waals surface area contributed by atoms with Crippen molar-refractivity contribution in [1.29, 1.82) is 0 Å². The number of esters is 1. The van der Waals surface area contributed by atoms with Gasteiger partial charge in [0.05, 0.1) is 19.4 Å². The van der Waals surface area contributed by atoms with E-state index in [-0.39, 0.29) is 24.3 Å². The molecule has 5 heteroatoms. The summed E-state index contributed by atoms with van der Waals surface area (Å²) in [5.74, 6) is -0.135. The summed E-state index contributed by atoms with van der Waals surface area (Å²) in [5, 5.41) is 0. The molecule has 0 spiro atoms. The highest BCUT2D eigenvalue weighted by molar-refractivity contribution is 5.76. The van der Waals surface area contributed by atoms with E-state index in [1.807, 2.05) is 6.07 Å². The summed E-state index contributed by atoms with van der Waals surface area (Å²) in [6, 6.07) is 32.0. The summed E-state index contributed by atoms with van der Waals surface area (Å²) in [5.41, 5.74) is 3.82. The number of ether oxygens (including phenoxy) is 1. The first-order valence-corrected chi connectivity index (χ1v) is 12.6. The molecule has 2 aliphatic heterocycles. The minimum atomic E-state index is -0.270. The van der Waals surface area contributed by atoms with Gasteiger partial charge in [0.2, 0.25) is 0 Å². The predicted octanol–water partition coefficient (Wildman–Crippen LogP) is 4.88. The third kappa shape index (κ3) is 5.18. The molecular weight excluding hydrogens is 434 g/mol. The first-order chi connectivity index (χ1) is 17.1. The van der Waals surface area contributed by atoms with Crippen LogP contribution in [0.3, 0.4) is 0 Å². The molecule has 3 aromatic carbocycles. The van der Waals surface area contributed by atoms with Crippen molar-refractivity contribution in [2.75, 3.05) is 7.11 Å². The monoisotopic (exact) mass is 469 g/mol. The van der Waals surface area contributed by atoms with Crippen molar-refractivity contribution in [3.8, 4) is 0 Å². The van der Waals surface area contributed by atoms with Crippen molar-refractivity contribution >= 4 is 5.97 Å². The maximum atomic E-state index is 13.1. The molecule has 0 aromatic heterocycles. The Kier molecular flexibility index (Phi) is 7.28. The summed E-state index contributed by atoms with van der Waals surface area (Å²) in [7, 11) is 1.51. The van der Waals surface area contributed by atoms with Crippen molar-refractivity contribution in [2.24, 2.45) is 0 Å². The van der Waals surface area contributed by atoms with Gasteiger partial charge in [-0.25, -0.2) is 0 Å². The largest absolute Gasteiger partial charge is 0.468 e. The van der Waals surface area contributed by atoms with Gasteiger partial charge in [0.1, 0.15) is 6.04 Å². The summed E-state index contributed by atoms with van der Waals surface area (Å²) in [4.78, 5) is 20.7. The van der Waals surface area contributed by atoms with Crippen LogP contribution in [-0.4, -0.2) is 52.2 Å². The predicted molar refractivity (Wildman–Crippen MR) is 138 cm³/mol. The lowest BCUT2D eigenvalue weighted by molar-refractivity contribution is -0.193. The van der Waals surface area contributed by atoms with Crippen LogP contribution in [0.2, 0.25) is 0 Å². The fraction of sp³-hybridized carbons (Fsp3) is 0.367. The van der Waals surface area contributed by atoms with Crippen molar-refractivity contribution < 1.29 is 9.53 Å². The van der Waals surface area contributed by atoms with Gasteiger partial charge in [-0.1, -0.05) is 91.0 Å². The maximum Gasteiger partial charge on any atom is 0.323 e. The maximum absolute atomic E-state index is 13.1. The highest BCUT2D eigenvalue weighted by Crippen LogP contribution is 2.39. The number of benzene rings is 3. The van der Waals surface area contributed by atoms with Crippen LogP contribution in [0.1, 0.15) is 36.5 Å². The molecule has 2 bridgehead atoms. The molecule has 5 rings (SSSR count). The number of methoxy groups -OCH3 is 1. The van der Waals surface area contributed by atoms with E-state index in [1.54, 1.807) is 0 Å². The molecule has 2 saturated heterocycles. The smallest absolute Gasteiger partial charge is 0.323 e. The van der Waals surface area contributed by atoms with Gasteiger partial charge < -0.3 is 4.74 Å². The van der Waals surface area contributed by atoms with Crippen LogP contribution in [0, 0.1) is 0 Å². The van der Waals surface area contributed by atoms with Gasteiger partial charge in [0, 0.05) is 32.1 Å². The lowest BCUT2D eigenvalue weighted by atomic mass is 9.91. The molecule has 0 aliphatic carbocycles. The molecular formula is C30H35N3O2. The van der Waals surface area contributed by atoms with E-state index in [2.05, 4.69) is 107 Å². The average Bonchev–Trinajstić information content (AvgIpc) is 2.90. The topological polar surface area (TPSA) is 36.0 Å². The summed E-state index contributed by atoms with van der Waals surface area (Å²) in [6.07, 6.45) is 2.00. The highest BCUT2D eigenvalue weighted by Gasteiger charge is 2.50. The average molecular weight is 470 g/mol. The molecule has 182 valence electrons. The van der Waals surface area contributed by atoms with Gasteiger partial charge in [-0.05, 0) is 30.0 Å². The molecule has 1 unspecified atom stereocenters. The first-order valence-electron chi connectivity index (χ1n) is 12.6. The van der Waals surface area contributed by atoms with Crippen LogP contribution >= 0.6 is 0 Å². The van der Waals surface area contributed by atoms with Crippen LogP contribution in [0.25, 0.3) is 0 Å². The Morgan fingerprint density at radius 3 is 1.60 bits per heavy atom. The highest BCUT2D eigenvalue weighted by atomic mass is 16.5. The SMILES string of the molecule is COC(=O)C1C[C@H]2N(Cc3ccccc3)[C@H](C[C@H](C)N2Cc2ccccc2)N1Cc1ccccc1. The molecule has 2 aliphatic rings. The van der Waals surface area contributed by atoms with Crippen LogP contribution in [-0.2, 0) is 29.2 Å². The normalized spacial score (nSPS) is 25.3. The Morgan fingerprint density at radius 1 is 0.686 bits per heavy atom. The fourth-order valence-corrected chi connectivity index (χ4v) is 5.84. The number of nitrogens with zero attached hydrogens (tertiary/aromatic N) is 3.